The van der Waals surface area contributed by atoms with E-state index in [0.29, 0.717) is 33.7 Å². The third-order valence-electron chi connectivity index (χ3n) is 5.57. The lowest BCUT2D eigenvalue weighted by molar-refractivity contribution is -0.137. The molecule has 2 heterocycles. The first-order chi connectivity index (χ1) is 18.1. The van der Waals surface area contributed by atoms with Gasteiger partial charge in [-0.25, -0.2) is 9.78 Å². The predicted octanol–water partition coefficient (Wildman–Crippen LogP) is 7.53. The summed E-state index contributed by atoms with van der Waals surface area (Å²) in [5.74, 6) is 0.496. The third-order valence-corrected chi connectivity index (χ3v) is 6.80. The van der Waals surface area contributed by atoms with E-state index in [9.17, 15) is 22.8 Å². The zero-order chi connectivity index (χ0) is 27.0. The molecule has 0 saturated heterocycles. The highest BCUT2D eigenvalue weighted by Gasteiger charge is 2.31. The molecule has 38 heavy (non-hydrogen) atoms. The van der Waals surface area contributed by atoms with Crippen molar-refractivity contribution in [3.8, 4) is 17.2 Å². The van der Waals surface area contributed by atoms with Crippen molar-refractivity contribution in [2.75, 3.05) is 11.9 Å². The molecule has 5 rings (SSSR count). The molecule has 0 radical (unpaired) electrons. The largest absolute Gasteiger partial charge is 0.506 e. The monoisotopic (exact) mass is 564 g/mol. The van der Waals surface area contributed by atoms with Crippen LogP contribution in [0.15, 0.2) is 54.6 Å². The molecule has 0 spiro atoms. The minimum Gasteiger partial charge on any atom is -0.493 e. The number of alkyl halides is 3. The van der Waals surface area contributed by atoms with Crippen LogP contribution in [0, 0.1) is 0 Å². The standard InChI is InChI=1S/C25H16ClF3N2O6S/c26-16-10-15-18(37-24(33)34)7-8-35-19(15)11-20(16)36-14-4-1-12(2-5-14)22(32)31-23-30-17-6-3-13(25(27,28)29)9-21(17)38-23/h1-6,9-11,18H,7-8H2,(H,33,34)(H,30,31,32). The van der Waals surface area contributed by atoms with Gasteiger partial charge in [-0.3, -0.25) is 10.1 Å². The summed E-state index contributed by atoms with van der Waals surface area (Å²) in [7, 11) is 0. The highest BCUT2D eigenvalue weighted by Crippen LogP contribution is 2.42. The van der Waals surface area contributed by atoms with Crippen molar-refractivity contribution >= 4 is 50.3 Å². The minimum absolute atomic E-state index is 0.163. The summed E-state index contributed by atoms with van der Waals surface area (Å²) < 4.78 is 55.4. The molecular formula is C25H16ClF3N2O6S. The Morgan fingerprint density at radius 3 is 2.61 bits per heavy atom. The number of nitrogens with one attached hydrogen (secondary N) is 1. The van der Waals surface area contributed by atoms with Gasteiger partial charge in [-0.1, -0.05) is 22.9 Å². The first-order valence-corrected chi connectivity index (χ1v) is 12.2. The average Bonchev–Trinajstić information content (AvgIpc) is 3.26. The number of halogens is 4. The molecular weight excluding hydrogens is 549 g/mol. The van der Waals surface area contributed by atoms with Crippen molar-refractivity contribution in [3.63, 3.8) is 0 Å². The van der Waals surface area contributed by atoms with Crippen LogP contribution in [-0.2, 0) is 10.9 Å². The molecule has 0 fully saturated rings. The number of rotatable bonds is 5. The fourth-order valence-electron chi connectivity index (χ4n) is 3.81. The summed E-state index contributed by atoms with van der Waals surface area (Å²) in [5, 5.41) is 11.9. The SMILES string of the molecule is O=C(O)OC1CCOc2cc(Oc3ccc(C(=O)Nc4nc5ccc(C(F)(F)F)cc5s4)cc3)c(Cl)cc21. The number of carboxylic acid groups (broad SMARTS) is 1. The van der Waals surface area contributed by atoms with E-state index < -0.39 is 29.9 Å². The maximum absolute atomic E-state index is 12.9. The van der Waals surface area contributed by atoms with Gasteiger partial charge in [0.25, 0.3) is 5.91 Å². The Hall–Kier alpha value is -4.03. The lowest BCUT2D eigenvalue weighted by atomic mass is 10.0. The van der Waals surface area contributed by atoms with Gasteiger partial charge < -0.3 is 19.3 Å². The molecule has 0 bridgehead atoms. The number of nitrogens with zero attached hydrogens (tertiary/aromatic N) is 1. The fraction of sp³-hybridized carbons (Fsp3) is 0.160. The minimum atomic E-state index is -4.47. The van der Waals surface area contributed by atoms with Crippen LogP contribution in [0.2, 0.25) is 5.02 Å². The van der Waals surface area contributed by atoms with Crippen LogP contribution in [0.25, 0.3) is 10.2 Å². The first-order valence-electron chi connectivity index (χ1n) is 11.0. The second-order valence-electron chi connectivity index (χ2n) is 8.11. The van der Waals surface area contributed by atoms with E-state index in [1.165, 1.54) is 42.5 Å². The van der Waals surface area contributed by atoms with E-state index >= 15 is 0 Å². The Morgan fingerprint density at radius 1 is 1.13 bits per heavy atom. The molecule has 196 valence electrons. The maximum atomic E-state index is 12.9. The summed E-state index contributed by atoms with van der Waals surface area (Å²) in [5.41, 5.74) is 0.309. The second-order valence-corrected chi connectivity index (χ2v) is 9.55. The van der Waals surface area contributed by atoms with Crippen molar-refractivity contribution in [3.05, 3.63) is 76.3 Å². The van der Waals surface area contributed by atoms with Crippen molar-refractivity contribution < 1.29 is 42.1 Å². The Balaban J connectivity index is 1.28. The van der Waals surface area contributed by atoms with Gasteiger partial charge in [0.15, 0.2) is 5.13 Å². The Labute approximate surface area is 221 Å². The molecule has 1 amide bonds. The molecule has 0 aliphatic carbocycles. The molecule has 8 nitrogen and oxygen atoms in total. The lowest BCUT2D eigenvalue weighted by Gasteiger charge is -2.25. The smallest absolute Gasteiger partial charge is 0.493 e. The van der Waals surface area contributed by atoms with Crippen LogP contribution < -0.4 is 14.8 Å². The van der Waals surface area contributed by atoms with Crippen molar-refractivity contribution in [2.24, 2.45) is 0 Å². The van der Waals surface area contributed by atoms with E-state index in [1.807, 2.05) is 0 Å². The Morgan fingerprint density at radius 2 is 1.89 bits per heavy atom. The molecule has 1 aliphatic rings. The van der Waals surface area contributed by atoms with E-state index in [4.69, 9.17) is 30.9 Å². The number of ether oxygens (including phenoxy) is 3. The van der Waals surface area contributed by atoms with Crippen LogP contribution in [0.5, 0.6) is 17.2 Å². The zero-order valence-electron chi connectivity index (χ0n) is 19.0. The van der Waals surface area contributed by atoms with Crippen LogP contribution in [0.4, 0.5) is 23.1 Å². The molecule has 0 saturated carbocycles. The molecule has 1 unspecified atom stereocenters. The number of carbonyl (C=O) groups is 2. The third kappa shape index (κ3) is 5.46. The van der Waals surface area contributed by atoms with Gasteiger partial charge >= 0.3 is 12.3 Å². The molecule has 1 atom stereocenters. The maximum Gasteiger partial charge on any atom is 0.506 e. The number of fused-ring (bicyclic) bond motifs is 2. The number of carbonyl (C=O) groups excluding carboxylic acids is 1. The second kappa shape index (κ2) is 10.0. The topological polar surface area (TPSA) is 107 Å². The van der Waals surface area contributed by atoms with Gasteiger partial charge in [-0.05, 0) is 48.5 Å². The summed E-state index contributed by atoms with van der Waals surface area (Å²) in [6, 6.07) is 12.3. The van der Waals surface area contributed by atoms with Gasteiger partial charge in [0, 0.05) is 23.6 Å². The first kappa shape index (κ1) is 25.6. The van der Waals surface area contributed by atoms with Gasteiger partial charge in [-0.15, -0.1) is 0 Å². The number of thiazole rings is 1. The highest BCUT2D eigenvalue weighted by molar-refractivity contribution is 7.22. The van der Waals surface area contributed by atoms with Crippen molar-refractivity contribution in [1.29, 1.82) is 0 Å². The van der Waals surface area contributed by atoms with E-state index in [2.05, 4.69) is 10.3 Å². The summed E-state index contributed by atoms with van der Waals surface area (Å²) in [6.07, 6.45) is -6.23. The lowest BCUT2D eigenvalue weighted by Crippen LogP contribution is -2.18. The van der Waals surface area contributed by atoms with Gasteiger partial charge in [-0.2, -0.15) is 13.2 Å². The molecule has 13 heteroatoms. The number of amides is 1. The highest BCUT2D eigenvalue weighted by atomic mass is 35.5. The van der Waals surface area contributed by atoms with Crippen LogP contribution in [0.3, 0.4) is 0 Å². The molecule has 4 aromatic rings. The number of hydrogen-bond acceptors (Lipinski definition) is 7. The van der Waals surface area contributed by atoms with Crippen LogP contribution in [0.1, 0.15) is 34.0 Å². The van der Waals surface area contributed by atoms with Crippen LogP contribution in [-0.4, -0.2) is 28.8 Å². The normalized spacial score (nSPS) is 14.9. The van der Waals surface area contributed by atoms with Crippen molar-refractivity contribution in [2.45, 2.75) is 18.7 Å². The molecule has 3 aromatic carbocycles. The predicted molar refractivity (Wildman–Crippen MR) is 133 cm³/mol. The Bertz CT molecular complexity index is 1540. The summed E-state index contributed by atoms with van der Waals surface area (Å²) in [6.45, 7) is 0.258. The van der Waals surface area contributed by atoms with E-state index in [1.54, 1.807) is 0 Å². The number of anilines is 1. The average molecular weight is 565 g/mol. The van der Waals surface area contributed by atoms with E-state index in [0.717, 1.165) is 23.5 Å². The zero-order valence-corrected chi connectivity index (χ0v) is 20.6. The van der Waals surface area contributed by atoms with Crippen LogP contribution >= 0.6 is 22.9 Å². The number of benzene rings is 3. The van der Waals surface area contributed by atoms with Crippen molar-refractivity contribution in [1.82, 2.24) is 4.98 Å². The summed E-state index contributed by atoms with van der Waals surface area (Å²) in [4.78, 5) is 27.8. The number of aromatic nitrogens is 1. The number of hydrogen-bond donors (Lipinski definition) is 2. The summed E-state index contributed by atoms with van der Waals surface area (Å²) >= 11 is 7.27. The van der Waals surface area contributed by atoms with E-state index in [-0.39, 0.29) is 28.1 Å². The fourth-order valence-corrected chi connectivity index (χ4v) is 4.92. The Kier molecular flexibility index (Phi) is 6.76. The molecule has 1 aromatic heterocycles. The van der Waals surface area contributed by atoms with Gasteiger partial charge in [0.1, 0.15) is 23.4 Å². The molecule has 1 aliphatic heterocycles. The quantitative estimate of drug-likeness (QED) is 0.241. The molecule has 2 N–H and O–H groups in total. The van der Waals surface area contributed by atoms with Gasteiger partial charge in [0.2, 0.25) is 0 Å². The van der Waals surface area contributed by atoms with Gasteiger partial charge in [0.05, 0.1) is 27.4 Å².